The normalized spacial score (nSPS) is 10.2. The summed E-state index contributed by atoms with van der Waals surface area (Å²) in [5, 5.41) is 3.26. The Morgan fingerprint density at radius 3 is 2.89 bits per heavy atom. The van der Waals surface area contributed by atoms with Crippen LogP contribution in [0.4, 0.5) is 5.69 Å². The summed E-state index contributed by atoms with van der Waals surface area (Å²) in [7, 11) is 0. The Labute approximate surface area is 121 Å². The van der Waals surface area contributed by atoms with Gasteiger partial charge in [-0.2, -0.15) is 0 Å². The fourth-order valence-electron chi connectivity index (χ4n) is 1.59. The number of nitrogens with one attached hydrogen (secondary N) is 1. The number of carbonyl (C=O) groups excluding carboxylic acids is 1. The van der Waals surface area contributed by atoms with Crippen LogP contribution in [-0.4, -0.2) is 16.6 Å². The van der Waals surface area contributed by atoms with Crippen molar-refractivity contribution in [3.05, 3.63) is 53.3 Å². The summed E-state index contributed by atoms with van der Waals surface area (Å²) in [6.07, 6.45) is 3.02. The monoisotopic (exact) mass is 292 g/mol. The van der Waals surface area contributed by atoms with E-state index in [1.165, 1.54) is 6.20 Å². The van der Waals surface area contributed by atoms with Crippen molar-refractivity contribution in [2.45, 2.75) is 11.8 Å². The predicted octanol–water partition coefficient (Wildman–Crippen LogP) is 4.10. The highest BCUT2D eigenvalue weighted by Gasteiger charge is 2.12. The number of hydrogen-bond acceptors (Lipinski definition) is 3. The number of carbonyl (C=O) groups is 1. The van der Waals surface area contributed by atoms with Gasteiger partial charge >= 0.3 is 0 Å². The van der Waals surface area contributed by atoms with E-state index in [1.807, 2.05) is 24.3 Å². The molecule has 98 valence electrons. The third kappa shape index (κ3) is 3.49. The summed E-state index contributed by atoms with van der Waals surface area (Å²) < 4.78 is 0. The van der Waals surface area contributed by atoms with Crippen molar-refractivity contribution in [2.24, 2.45) is 0 Å². The van der Waals surface area contributed by atoms with Gasteiger partial charge in [-0.05, 0) is 24.0 Å². The topological polar surface area (TPSA) is 42.0 Å². The molecule has 3 nitrogen and oxygen atoms in total. The molecule has 19 heavy (non-hydrogen) atoms. The molecule has 0 spiro atoms. The molecule has 1 N–H and O–H groups in total. The molecular formula is C14H13ClN2OS. The zero-order valence-electron chi connectivity index (χ0n) is 10.4. The van der Waals surface area contributed by atoms with Gasteiger partial charge in [-0.25, -0.2) is 0 Å². The SMILES string of the molecule is CCSc1ccccc1NC(=O)c1cnccc1Cl. The first-order chi connectivity index (χ1) is 9.22. The molecule has 1 heterocycles. The first-order valence-corrected chi connectivity index (χ1v) is 7.21. The van der Waals surface area contributed by atoms with Gasteiger partial charge in [-0.1, -0.05) is 30.7 Å². The second-order valence-electron chi connectivity index (χ2n) is 3.74. The van der Waals surface area contributed by atoms with Gasteiger partial charge in [0.15, 0.2) is 0 Å². The summed E-state index contributed by atoms with van der Waals surface area (Å²) in [5.41, 5.74) is 1.17. The number of para-hydroxylation sites is 1. The van der Waals surface area contributed by atoms with E-state index >= 15 is 0 Å². The van der Waals surface area contributed by atoms with Gasteiger partial charge in [0.05, 0.1) is 16.3 Å². The zero-order chi connectivity index (χ0) is 13.7. The number of anilines is 1. The molecule has 0 atom stereocenters. The lowest BCUT2D eigenvalue weighted by Crippen LogP contribution is -2.13. The largest absolute Gasteiger partial charge is 0.321 e. The van der Waals surface area contributed by atoms with E-state index in [9.17, 15) is 4.79 Å². The van der Waals surface area contributed by atoms with E-state index in [0.29, 0.717) is 10.6 Å². The van der Waals surface area contributed by atoms with Gasteiger partial charge in [0, 0.05) is 17.3 Å². The Bertz CT molecular complexity index is 589. The number of pyridine rings is 1. The molecule has 0 unspecified atom stereocenters. The van der Waals surface area contributed by atoms with Crippen molar-refractivity contribution in [3.63, 3.8) is 0 Å². The molecule has 2 aromatic rings. The Kier molecular flexibility index (Phi) is 4.82. The van der Waals surface area contributed by atoms with Crippen molar-refractivity contribution in [1.29, 1.82) is 0 Å². The van der Waals surface area contributed by atoms with Crippen LogP contribution in [-0.2, 0) is 0 Å². The van der Waals surface area contributed by atoms with E-state index in [0.717, 1.165) is 16.3 Å². The molecule has 1 amide bonds. The van der Waals surface area contributed by atoms with E-state index < -0.39 is 0 Å². The quantitative estimate of drug-likeness (QED) is 0.863. The van der Waals surface area contributed by atoms with Crippen LogP contribution in [0.1, 0.15) is 17.3 Å². The number of hydrogen-bond donors (Lipinski definition) is 1. The van der Waals surface area contributed by atoms with E-state index in [1.54, 1.807) is 24.0 Å². The number of halogens is 1. The van der Waals surface area contributed by atoms with Crippen LogP contribution < -0.4 is 5.32 Å². The standard InChI is InChI=1S/C14H13ClN2OS/c1-2-19-13-6-4-3-5-12(13)17-14(18)10-9-16-8-7-11(10)15/h3-9H,2H2,1H3,(H,17,18). The summed E-state index contributed by atoms with van der Waals surface area (Å²) in [4.78, 5) is 17.1. The Balaban J connectivity index is 2.22. The third-order valence-electron chi connectivity index (χ3n) is 2.45. The Morgan fingerprint density at radius 1 is 1.37 bits per heavy atom. The number of nitrogens with zero attached hydrogens (tertiary/aromatic N) is 1. The van der Waals surface area contributed by atoms with Crippen molar-refractivity contribution in [2.75, 3.05) is 11.1 Å². The molecule has 0 saturated carbocycles. The lowest BCUT2D eigenvalue weighted by Gasteiger charge is -2.10. The molecule has 0 aliphatic rings. The van der Waals surface area contributed by atoms with Crippen LogP contribution in [0, 0.1) is 0 Å². The molecule has 1 aromatic carbocycles. The van der Waals surface area contributed by atoms with Crippen molar-refractivity contribution in [1.82, 2.24) is 4.98 Å². The first-order valence-electron chi connectivity index (χ1n) is 5.85. The minimum absolute atomic E-state index is 0.248. The van der Waals surface area contributed by atoms with Crippen molar-refractivity contribution in [3.8, 4) is 0 Å². The van der Waals surface area contributed by atoms with E-state index in [2.05, 4.69) is 17.2 Å². The summed E-state index contributed by atoms with van der Waals surface area (Å²) in [6, 6.07) is 9.29. The molecule has 0 bridgehead atoms. The van der Waals surface area contributed by atoms with Gasteiger partial charge in [0.2, 0.25) is 0 Å². The van der Waals surface area contributed by atoms with E-state index in [-0.39, 0.29) is 5.91 Å². The maximum absolute atomic E-state index is 12.1. The molecule has 0 aliphatic heterocycles. The molecule has 0 aliphatic carbocycles. The maximum Gasteiger partial charge on any atom is 0.258 e. The van der Waals surface area contributed by atoms with Gasteiger partial charge in [-0.3, -0.25) is 9.78 Å². The summed E-state index contributed by atoms with van der Waals surface area (Å²) >= 11 is 7.66. The molecular weight excluding hydrogens is 280 g/mol. The van der Waals surface area contributed by atoms with Gasteiger partial charge in [-0.15, -0.1) is 11.8 Å². The summed E-state index contributed by atoms with van der Waals surface area (Å²) in [5.74, 6) is 0.697. The lowest BCUT2D eigenvalue weighted by atomic mass is 10.2. The van der Waals surface area contributed by atoms with Crippen LogP contribution >= 0.6 is 23.4 Å². The zero-order valence-corrected chi connectivity index (χ0v) is 12.0. The second-order valence-corrected chi connectivity index (χ2v) is 5.45. The van der Waals surface area contributed by atoms with Crippen molar-refractivity contribution >= 4 is 35.0 Å². The predicted molar refractivity (Wildman–Crippen MR) is 80.0 cm³/mol. The van der Waals surface area contributed by atoms with Gasteiger partial charge in [0.1, 0.15) is 0 Å². The second kappa shape index (κ2) is 6.59. The fraction of sp³-hybridized carbons (Fsp3) is 0.143. The third-order valence-corrected chi connectivity index (χ3v) is 3.73. The van der Waals surface area contributed by atoms with Gasteiger partial charge in [0.25, 0.3) is 5.91 Å². The maximum atomic E-state index is 12.1. The van der Waals surface area contributed by atoms with Crippen LogP contribution in [0.2, 0.25) is 5.02 Å². The lowest BCUT2D eigenvalue weighted by molar-refractivity contribution is 0.102. The molecule has 2 rings (SSSR count). The number of amides is 1. The minimum Gasteiger partial charge on any atom is -0.321 e. The van der Waals surface area contributed by atoms with Gasteiger partial charge < -0.3 is 5.32 Å². The van der Waals surface area contributed by atoms with Crippen LogP contribution in [0.15, 0.2) is 47.6 Å². The Hall–Kier alpha value is -1.52. The smallest absolute Gasteiger partial charge is 0.258 e. The minimum atomic E-state index is -0.248. The van der Waals surface area contributed by atoms with Crippen LogP contribution in [0.25, 0.3) is 0 Å². The van der Waals surface area contributed by atoms with Crippen molar-refractivity contribution < 1.29 is 4.79 Å². The average Bonchev–Trinajstić information content (AvgIpc) is 2.41. The Morgan fingerprint density at radius 2 is 2.16 bits per heavy atom. The average molecular weight is 293 g/mol. The highest BCUT2D eigenvalue weighted by Crippen LogP contribution is 2.27. The number of thioether (sulfide) groups is 1. The molecule has 5 heteroatoms. The first kappa shape index (κ1) is 13.9. The number of benzene rings is 1. The highest BCUT2D eigenvalue weighted by atomic mass is 35.5. The van der Waals surface area contributed by atoms with Crippen LogP contribution in [0.3, 0.4) is 0 Å². The fourth-order valence-corrected chi connectivity index (χ4v) is 2.54. The van der Waals surface area contributed by atoms with Crippen LogP contribution in [0.5, 0.6) is 0 Å². The number of rotatable bonds is 4. The molecule has 0 radical (unpaired) electrons. The summed E-state index contributed by atoms with van der Waals surface area (Å²) in [6.45, 7) is 2.07. The molecule has 1 aromatic heterocycles. The molecule has 0 fully saturated rings. The molecule has 0 saturated heterocycles. The van der Waals surface area contributed by atoms with E-state index in [4.69, 9.17) is 11.6 Å². The highest BCUT2D eigenvalue weighted by molar-refractivity contribution is 7.99. The number of aromatic nitrogens is 1.